The van der Waals surface area contributed by atoms with Crippen molar-refractivity contribution in [3.63, 3.8) is 0 Å². The van der Waals surface area contributed by atoms with Crippen molar-refractivity contribution in [3.8, 4) is 5.69 Å². The number of nitrogens with zero attached hydrogens (tertiary/aromatic N) is 4. The number of hydrogen-bond acceptors (Lipinski definition) is 8. The van der Waals surface area contributed by atoms with Gasteiger partial charge >= 0.3 is 0 Å². The van der Waals surface area contributed by atoms with Crippen LogP contribution in [0.3, 0.4) is 0 Å². The lowest BCUT2D eigenvalue weighted by atomic mass is 9.91. The van der Waals surface area contributed by atoms with E-state index in [1.54, 1.807) is 28.9 Å². The molecule has 5 rings (SSSR count). The first-order chi connectivity index (χ1) is 15.0. The maximum atomic E-state index is 12.4. The van der Waals surface area contributed by atoms with Crippen LogP contribution in [0.25, 0.3) is 5.69 Å². The number of hydrogen-bond donors (Lipinski definition) is 0. The molecule has 31 heavy (non-hydrogen) atoms. The molecule has 3 aliphatic heterocycles. The zero-order valence-corrected chi connectivity index (χ0v) is 18.3. The molecule has 4 heterocycles. The van der Waals surface area contributed by atoms with Gasteiger partial charge in [0, 0.05) is 44.3 Å². The lowest BCUT2D eigenvalue weighted by Gasteiger charge is -2.21. The minimum absolute atomic E-state index is 0.0858. The van der Waals surface area contributed by atoms with E-state index in [-0.39, 0.29) is 10.8 Å². The zero-order chi connectivity index (χ0) is 21.4. The predicted molar refractivity (Wildman–Crippen MR) is 112 cm³/mol. The quantitative estimate of drug-likeness (QED) is 0.694. The molecule has 1 aromatic heterocycles. The van der Waals surface area contributed by atoms with Crippen molar-refractivity contribution in [2.45, 2.75) is 42.6 Å². The summed E-state index contributed by atoms with van der Waals surface area (Å²) >= 11 is 0. The van der Waals surface area contributed by atoms with Crippen molar-refractivity contribution >= 4 is 15.5 Å². The van der Waals surface area contributed by atoms with E-state index in [0.717, 1.165) is 38.2 Å². The Kier molecular flexibility index (Phi) is 5.53. The summed E-state index contributed by atoms with van der Waals surface area (Å²) in [5.74, 6) is 1.66. The molecule has 2 unspecified atom stereocenters. The Labute approximate surface area is 181 Å². The van der Waals surface area contributed by atoms with Gasteiger partial charge < -0.3 is 14.3 Å². The number of ether oxygens (including phenoxy) is 2. The molecule has 1 aromatic carbocycles. The molecule has 0 amide bonds. The van der Waals surface area contributed by atoms with Gasteiger partial charge in [-0.1, -0.05) is 17.3 Å². The lowest BCUT2D eigenvalue weighted by molar-refractivity contribution is 0.0763. The predicted octanol–water partition coefficient (Wildman–Crippen LogP) is 2.42. The van der Waals surface area contributed by atoms with Gasteiger partial charge in [-0.15, -0.1) is 0 Å². The standard InChI is InChI=1S/C21H26N4O5S/c1-31(26,27)19-5-3-2-4-17(19)25-21(22-20(23-25)15-8-11-29-13-15)18-12-16(24-30-18)14-6-9-28-10-7-14/h2-5,14-15,18H,6-13H2,1H3. The Morgan fingerprint density at radius 1 is 1.03 bits per heavy atom. The first-order valence-corrected chi connectivity index (χ1v) is 12.5. The fourth-order valence-corrected chi connectivity index (χ4v) is 5.25. The van der Waals surface area contributed by atoms with E-state index in [1.165, 1.54) is 6.26 Å². The van der Waals surface area contributed by atoms with Gasteiger partial charge in [-0.25, -0.2) is 18.1 Å². The number of sulfone groups is 1. The fraction of sp³-hybridized carbons (Fsp3) is 0.571. The third kappa shape index (κ3) is 4.11. The van der Waals surface area contributed by atoms with Crippen LogP contribution in [0.2, 0.25) is 0 Å². The van der Waals surface area contributed by atoms with Crippen LogP contribution in [0.15, 0.2) is 34.3 Å². The summed E-state index contributed by atoms with van der Waals surface area (Å²) < 4.78 is 37.5. The van der Waals surface area contributed by atoms with E-state index in [9.17, 15) is 8.42 Å². The molecule has 0 aliphatic carbocycles. The fourth-order valence-electron chi connectivity index (χ4n) is 4.39. The summed E-state index contributed by atoms with van der Waals surface area (Å²) in [4.78, 5) is 10.8. The van der Waals surface area contributed by atoms with Crippen LogP contribution in [0, 0.1) is 5.92 Å². The van der Waals surface area contributed by atoms with Crippen LogP contribution >= 0.6 is 0 Å². The van der Waals surface area contributed by atoms with Crippen molar-refractivity contribution in [1.29, 1.82) is 0 Å². The average Bonchev–Trinajstić information content (AvgIpc) is 3.53. The SMILES string of the molecule is CS(=O)(=O)c1ccccc1-n1nc(C2CCOC2)nc1C1CC(C2CCOCC2)=NO1. The summed E-state index contributed by atoms with van der Waals surface area (Å²) in [6.07, 6.45) is 4.12. The molecule has 3 aliphatic rings. The summed E-state index contributed by atoms with van der Waals surface area (Å²) in [5.41, 5.74) is 1.49. The highest BCUT2D eigenvalue weighted by atomic mass is 32.2. The van der Waals surface area contributed by atoms with E-state index in [2.05, 4.69) is 5.16 Å². The number of benzene rings is 1. The van der Waals surface area contributed by atoms with Gasteiger partial charge in [0.2, 0.25) is 0 Å². The van der Waals surface area contributed by atoms with Crippen LogP contribution in [0.4, 0.5) is 0 Å². The van der Waals surface area contributed by atoms with Gasteiger partial charge in [-0.05, 0) is 31.4 Å². The first kappa shape index (κ1) is 20.6. The molecular weight excluding hydrogens is 420 g/mol. The third-order valence-corrected chi connectivity index (χ3v) is 7.25. The molecule has 0 radical (unpaired) electrons. The number of para-hydroxylation sites is 1. The van der Waals surface area contributed by atoms with Gasteiger partial charge in [0.1, 0.15) is 0 Å². The van der Waals surface area contributed by atoms with Gasteiger partial charge in [0.25, 0.3) is 0 Å². The Morgan fingerprint density at radius 2 is 1.77 bits per heavy atom. The summed E-state index contributed by atoms with van der Waals surface area (Å²) in [6, 6.07) is 6.85. The van der Waals surface area contributed by atoms with Crippen LogP contribution < -0.4 is 0 Å². The van der Waals surface area contributed by atoms with E-state index in [4.69, 9.17) is 24.4 Å². The van der Waals surface area contributed by atoms with Crippen LogP contribution in [-0.2, 0) is 24.1 Å². The smallest absolute Gasteiger partial charge is 0.192 e. The maximum Gasteiger partial charge on any atom is 0.192 e. The second kappa shape index (κ2) is 8.33. The van der Waals surface area contributed by atoms with E-state index in [1.807, 2.05) is 0 Å². The van der Waals surface area contributed by atoms with Crippen molar-refractivity contribution in [2.24, 2.45) is 11.1 Å². The molecule has 0 bridgehead atoms. The van der Waals surface area contributed by atoms with Crippen LogP contribution in [0.5, 0.6) is 0 Å². The molecule has 0 N–H and O–H groups in total. The molecule has 166 valence electrons. The van der Waals surface area contributed by atoms with Crippen molar-refractivity contribution in [2.75, 3.05) is 32.7 Å². The number of rotatable bonds is 5. The number of aromatic nitrogens is 3. The molecule has 9 nitrogen and oxygen atoms in total. The highest BCUT2D eigenvalue weighted by molar-refractivity contribution is 7.90. The lowest BCUT2D eigenvalue weighted by Crippen LogP contribution is -2.23. The average molecular weight is 447 g/mol. The van der Waals surface area contributed by atoms with Gasteiger partial charge in [-0.3, -0.25) is 0 Å². The summed E-state index contributed by atoms with van der Waals surface area (Å²) in [7, 11) is -3.46. The third-order valence-electron chi connectivity index (χ3n) is 6.11. The Morgan fingerprint density at radius 3 is 2.52 bits per heavy atom. The molecule has 10 heteroatoms. The van der Waals surface area contributed by atoms with Gasteiger partial charge in [0.15, 0.2) is 27.6 Å². The minimum atomic E-state index is -3.46. The Balaban J connectivity index is 1.52. The monoisotopic (exact) mass is 446 g/mol. The van der Waals surface area contributed by atoms with Crippen LogP contribution in [-0.4, -0.2) is 61.6 Å². The molecular formula is C21H26N4O5S. The second-order valence-corrected chi connectivity index (χ2v) is 10.3. The van der Waals surface area contributed by atoms with Crippen LogP contribution in [0.1, 0.15) is 49.4 Å². The molecule has 2 aromatic rings. The zero-order valence-electron chi connectivity index (χ0n) is 17.4. The summed E-state index contributed by atoms with van der Waals surface area (Å²) in [6.45, 7) is 2.70. The molecule has 0 saturated carbocycles. The van der Waals surface area contributed by atoms with Crippen molar-refractivity contribution in [3.05, 3.63) is 35.9 Å². The van der Waals surface area contributed by atoms with E-state index < -0.39 is 15.9 Å². The Bertz CT molecular complexity index is 1080. The largest absolute Gasteiger partial charge is 0.384 e. The molecule has 2 atom stereocenters. The maximum absolute atomic E-state index is 12.4. The summed E-state index contributed by atoms with van der Waals surface area (Å²) in [5, 5.41) is 9.10. The van der Waals surface area contributed by atoms with Crippen molar-refractivity contribution < 1.29 is 22.7 Å². The highest BCUT2D eigenvalue weighted by Crippen LogP contribution is 2.35. The van der Waals surface area contributed by atoms with Gasteiger partial charge in [-0.2, -0.15) is 5.10 Å². The van der Waals surface area contributed by atoms with E-state index in [0.29, 0.717) is 42.9 Å². The van der Waals surface area contributed by atoms with Crippen molar-refractivity contribution in [1.82, 2.24) is 14.8 Å². The van der Waals surface area contributed by atoms with Gasteiger partial charge in [0.05, 0.1) is 22.9 Å². The normalized spacial score (nSPS) is 24.9. The highest BCUT2D eigenvalue weighted by Gasteiger charge is 2.35. The molecule has 2 fully saturated rings. The minimum Gasteiger partial charge on any atom is -0.384 e. The Hall–Kier alpha value is -2.30. The number of oxime groups is 1. The first-order valence-electron chi connectivity index (χ1n) is 10.6. The second-order valence-electron chi connectivity index (χ2n) is 8.31. The molecule has 0 spiro atoms. The molecule has 2 saturated heterocycles. The topological polar surface area (TPSA) is 105 Å². The van der Waals surface area contributed by atoms with E-state index >= 15 is 0 Å².